The SMILES string of the molecule is N.Nc1ccccc1NOc1nc(Oc2ccccc2)nc2c1CC(c1ccc(F)cc1)C(=O)N2.[HH]. The maximum Gasteiger partial charge on any atom is 0.327 e. The Morgan fingerprint density at radius 2 is 1.71 bits per heavy atom. The van der Waals surface area contributed by atoms with Crippen LogP contribution in [0.4, 0.5) is 21.6 Å². The Labute approximate surface area is 202 Å². The summed E-state index contributed by atoms with van der Waals surface area (Å²) in [4.78, 5) is 27.5. The molecule has 0 fully saturated rings. The number of hydrogen-bond acceptors (Lipinski definition) is 8. The maximum atomic E-state index is 13.4. The first-order valence-electron chi connectivity index (χ1n) is 10.5. The van der Waals surface area contributed by atoms with Gasteiger partial charge in [0, 0.05) is 1.43 Å². The molecule has 7 N–H and O–H groups in total. The van der Waals surface area contributed by atoms with Gasteiger partial charge in [0.2, 0.25) is 5.91 Å². The summed E-state index contributed by atoms with van der Waals surface area (Å²) in [6.45, 7) is 0. The molecule has 5 rings (SSSR count). The summed E-state index contributed by atoms with van der Waals surface area (Å²) in [6.07, 6.45) is 0.250. The lowest BCUT2D eigenvalue weighted by molar-refractivity contribution is -0.117. The van der Waals surface area contributed by atoms with E-state index in [1.807, 2.05) is 30.3 Å². The standard InChI is InChI=1S/C25H20FN5O3.H3N.H2/c26-16-12-10-15(11-13-16)18-14-19-22(28-23(18)32)29-25(33-17-6-2-1-3-7-17)30-24(19)34-31-21-9-5-4-8-20(21)27;;/h1-13,18,31H,14,27H2,(H,28,29,30,32);1H3;1H. The van der Waals surface area contributed by atoms with Gasteiger partial charge in [-0.05, 0) is 48.4 Å². The lowest BCUT2D eigenvalue weighted by Gasteiger charge is -2.25. The molecular formula is C25H25FN6O3. The molecule has 0 bridgehead atoms. The summed E-state index contributed by atoms with van der Waals surface area (Å²) >= 11 is 0. The van der Waals surface area contributed by atoms with E-state index >= 15 is 0 Å². The molecule has 0 saturated carbocycles. The number of nitrogen functional groups attached to an aromatic ring is 1. The Morgan fingerprint density at radius 1 is 1.00 bits per heavy atom. The number of ether oxygens (including phenoxy) is 1. The van der Waals surface area contributed by atoms with Crippen molar-refractivity contribution in [2.24, 2.45) is 0 Å². The van der Waals surface area contributed by atoms with E-state index in [0.717, 1.165) is 0 Å². The van der Waals surface area contributed by atoms with Crippen molar-refractivity contribution < 1.29 is 20.2 Å². The van der Waals surface area contributed by atoms with Crippen LogP contribution in [0.5, 0.6) is 17.6 Å². The van der Waals surface area contributed by atoms with E-state index < -0.39 is 5.92 Å². The molecule has 9 nitrogen and oxygen atoms in total. The number of anilines is 3. The van der Waals surface area contributed by atoms with Crippen LogP contribution in [-0.2, 0) is 11.2 Å². The van der Waals surface area contributed by atoms with Gasteiger partial charge < -0.3 is 26.8 Å². The molecule has 0 radical (unpaired) electrons. The summed E-state index contributed by atoms with van der Waals surface area (Å²) in [7, 11) is 0. The molecular weight excluding hydrogens is 451 g/mol. The third kappa shape index (κ3) is 5.12. The van der Waals surface area contributed by atoms with Crippen LogP contribution in [0.2, 0.25) is 0 Å². The Bertz CT molecular complexity index is 1340. The lowest BCUT2D eigenvalue weighted by atomic mass is 9.89. The molecule has 0 spiro atoms. The number of carbonyl (C=O) groups is 1. The van der Waals surface area contributed by atoms with Crippen LogP contribution in [0, 0.1) is 5.82 Å². The van der Waals surface area contributed by atoms with E-state index in [9.17, 15) is 9.18 Å². The molecule has 0 aliphatic carbocycles. The van der Waals surface area contributed by atoms with Crippen LogP contribution >= 0.6 is 0 Å². The third-order valence-corrected chi connectivity index (χ3v) is 5.36. The highest BCUT2D eigenvalue weighted by molar-refractivity contribution is 5.98. The molecule has 1 atom stereocenters. The molecule has 180 valence electrons. The van der Waals surface area contributed by atoms with Gasteiger partial charge in [0.05, 0.1) is 22.9 Å². The van der Waals surface area contributed by atoms with Gasteiger partial charge in [-0.3, -0.25) is 4.79 Å². The molecule has 10 heteroatoms. The van der Waals surface area contributed by atoms with Crippen LogP contribution in [0.3, 0.4) is 0 Å². The minimum atomic E-state index is -0.568. The fourth-order valence-corrected chi connectivity index (χ4v) is 3.61. The highest BCUT2D eigenvalue weighted by Gasteiger charge is 2.32. The lowest BCUT2D eigenvalue weighted by Crippen LogP contribution is -2.30. The van der Waals surface area contributed by atoms with E-state index in [-0.39, 0.29) is 43.4 Å². The fraction of sp³-hybridized carbons (Fsp3) is 0.0800. The molecule has 1 aromatic heterocycles. The normalized spacial score (nSPS) is 14.2. The van der Waals surface area contributed by atoms with Crippen LogP contribution < -0.4 is 32.3 Å². The average molecular weight is 477 g/mol. The number of amides is 1. The monoisotopic (exact) mass is 476 g/mol. The molecule has 3 aromatic carbocycles. The number of aromatic nitrogens is 2. The molecule has 2 heterocycles. The highest BCUT2D eigenvalue weighted by atomic mass is 19.1. The molecule has 1 unspecified atom stereocenters. The fourth-order valence-electron chi connectivity index (χ4n) is 3.61. The second kappa shape index (κ2) is 10.1. The van der Waals surface area contributed by atoms with E-state index in [4.69, 9.17) is 15.3 Å². The van der Waals surface area contributed by atoms with Crippen molar-refractivity contribution in [3.8, 4) is 17.6 Å². The van der Waals surface area contributed by atoms with Gasteiger partial charge in [-0.25, -0.2) is 9.87 Å². The van der Waals surface area contributed by atoms with Crippen LogP contribution in [0.25, 0.3) is 0 Å². The first kappa shape index (κ1) is 23.5. The summed E-state index contributed by atoms with van der Waals surface area (Å²) in [6, 6.07) is 21.9. The minimum absolute atomic E-state index is 0. The Kier molecular flexibility index (Phi) is 6.74. The number of nitrogens with zero attached hydrogens (tertiary/aromatic N) is 2. The van der Waals surface area contributed by atoms with Gasteiger partial charge in [0.25, 0.3) is 5.88 Å². The maximum absolute atomic E-state index is 13.4. The number of carbonyl (C=O) groups excluding carboxylic acids is 1. The molecule has 1 aliphatic heterocycles. The molecule has 35 heavy (non-hydrogen) atoms. The number of nitrogens with one attached hydrogen (secondary N) is 2. The van der Waals surface area contributed by atoms with Crippen molar-refractivity contribution in [2.45, 2.75) is 12.3 Å². The van der Waals surface area contributed by atoms with Crippen molar-refractivity contribution in [2.75, 3.05) is 16.5 Å². The Hall–Kier alpha value is -4.70. The summed E-state index contributed by atoms with van der Waals surface area (Å²) in [5.41, 5.74) is 11.1. The molecule has 0 saturated heterocycles. The van der Waals surface area contributed by atoms with E-state index in [1.165, 1.54) is 12.1 Å². The largest absolute Gasteiger partial charge is 0.424 e. The molecule has 1 amide bonds. The van der Waals surface area contributed by atoms with Gasteiger partial charge in [-0.1, -0.05) is 42.5 Å². The third-order valence-electron chi connectivity index (χ3n) is 5.36. The molecule has 4 aromatic rings. The van der Waals surface area contributed by atoms with E-state index in [0.29, 0.717) is 28.3 Å². The van der Waals surface area contributed by atoms with Gasteiger partial charge in [-0.2, -0.15) is 9.97 Å². The minimum Gasteiger partial charge on any atom is -0.424 e. The number of para-hydroxylation sites is 3. The van der Waals surface area contributed by atoms with Crippen molar-refractivity contribution in [1.29, 1.82) is 0 Å². The number of benzene rings is 3. The zero-order valence-electron chi connectivity index (χ0n) is 18.6. The summed E-state index contributed by atoms with van der Waals surface area (Å²) in [5, 5.41) is 2.80. The van der Waals surface area contributed by atoms with Gasteiger partial charge >= 0.3 is 6.01 Å². The topological polar surface area (TPSA) is 146 Å². The quantitative estimate of drug-likeness (QED) is 0.222. The van der Waals surface area contributed by atoms with Gasteiger partial charge in [-0.15, -0.1) is 0 Å². The zero-order chi connectivity index (χ0) is 23.5. The summed E-state index contributed by atoms with van der Waals surface area (Å²) < 4.78 is 19.2. The van der Waals surface area contributed by atoms with Crippen molar-refractivity contribution in [1.82, 2.24) is 16.1 Å². The number of nitrogens with two attached hydrogens (primary N) is 1. The Balaban J connectivity index is 0.00000180. The van der Waals surface area contributed by atoms with Crippen LogP contribution in [-0.4, -0.2) is 15.9 Å². The zero-order valence-corrected chi connectivity index (χ0v) is 18.6. The predicted octanol–water partition coefficient (Wildman–Crippen LogP) is 5.08. The average Bonchev–Trinajstić information content (AvgIpc) is 2.84. The second-order valence-electron chi connectivity index (χ2n) is 7.64. The van der Waals surface area contributed by atoms with E-state index in [1.54, 1.807) is 36.4 Å². The first-order chi connectivity index (χ1) is 16.6. The number of hydrogen-bond donors (Lipinski definition) is 4. The highest BCUT2D eigenvalue weighted by Crippen LogP contribution is 2.37. The van der Waals surface area contributed by atoms with Crippen molar-refractivity contribution in [3.63, 3.8) is 0 Å². The van der Waals surface area contributed by atoms with Crippen LogP contribution in [0.1, 0.15) is 18.5 Å². The smallest absolute Gasteiger partial charge is 0.327 e. The number of fused-ring (bicyclic) bond motifs is 1. The van der Waals surface area contributed by atoms with Gasteiger partial charge in [0.15, 0.2) is 0 Å². The van der Waals surface area contributed by atoms with Gasteiger partial charge in [0.1, 0.15) is 17.4 Å². The Morgan fingerprint density at radius 3 is 2.46 bits per heavy atom. The number of rotatable bonds is 6. The summed E-state index contributed by atoms with van der Waals surface area (Å²) in [5.74, 6) is -0.232. The van der Waals surface area contributed by atoms with Crippen molar-refractivity contribution >= 4 is 23.1 Å². The van der Waals surface area contributed by atoms with E-state index in [2.05, 4.69) is 20.8 Å². The first-order valence-corrected chi connectivity index (χ1v) is 10.5. The van der Waals surface area contributed by atoms with Crippen molar-refractivity contribution in [3.05, 3.63) is 95.8 Å². The van der Waals surface area contributed by atoms with Crippen LogP contribution in [0.15, 0.2) is 78.9 Å². The predicted molar refractivity (Wildman–Crippen MR) is 132 cm³/mol. The number of halogens is 1. The second-order valence-corrected chi connectivity index (χ2v) is 7.64. The molecule has 1 aliphatic rings.